The standard InChI is InChI=1S/C17H28N4O2S/c1-13(2)21-24(22,23)12-16-7-5-4-6-15(16)11-20-17(18-3)19-10-14-8-9-14/h4-7,13-14,21H,8-12H2,1-3H3,(H2,18,19,20). The molecule has 1 aliphatic rings. The van der Waals surface area contributed by atoms with E-state index in [1.807, 2.05) is 38.1 Å². The van der Waals surface area contributed by atoms with E-state index in [0.29, 0.717) is 6.54 Å². The van der Waals surface area contributed by atoms with E-state index in [4.69, 9.17) is 0 Å². The summed E-state index contributed by atoms with van der Waals surface area (Å²) >= 11 is 0. The van der Waals surface area contributed by atoms with Crippen molar-refractivity contribution in [2.45, 2.75) is 45.0 Å². The first-order valence-electron chi connectivity index (χ1n) is 8.41. The van der Waals surface area contributed by atoms with E-state index in [9.17, 15) is 8.42 Å². The molecule has 1 fully saturated rings. The monoisotopic (exact) mass is 352 g/mol. The Bertz CT molecular complexity index is 667. The molecule has 24 heavy (non-hydrogen) atoms. The molecule has 0 heterocycles. The van der Waals surface area contributed by atoms with Crippen LogP contribution in [-0.2, 0) is 22.3 Å². The van der Waals surface area contributed by atoms with Crippen LogP contribution in [0.2, 0.25) is 0 Å². The van der Waals surface area contributed by atoms with Crippen molar-refractivity contribution >= 4 is 16.0 Å². The number of hydrogen-bond donors (Lipinski definition) is 3. The molecule has 1 aromatic carbocycles. The maximum atomic E-state index is 12.2. The van der Waals surface area contributed by atoms with Crippen LogP contribution in [0.1, 0.15) is 37.8 Å². The highest BCUT2D eigenvalue weighted by Crippen LogP contribution is 2.27. The molecule has 0 unspecified atom stereocenters. The Morgan fingerprint density at radius 2 is 1.88 bits per heavy atom. The van der Waals surface area contributed by atoms with E-state index in [2.05, 4.69) is 20.3 Å². The molecular formula is C17H28N4O2S. The van der Waals surface area contributed by atoms with Crippen LogP contribution < -0.4 is 15.4 Å². The van der Waals surface area contributed by atoms with Crippen LogP contribution in [0.5, 0.6) is 0 Å². The van der Waals surface area contributed by atoms with E-state index in [-0.39, 0.29) is 11.8 Å². The van der Waals surface area contributed by atoms with Gasteiger partial charge in [0.15, 0.2) is 5.96 Å². The lowest BCUT2D eigenvalue weighted by atomic mass is 10.1. The Balaban J connectivity index is 1.97. The predicted octanol–water partition coefficient (Wildman–Crippen LogP) is 1.59. The largest absolute Gasteiger partial charge is 0.356 e. The molecule has 0 aliphatic heterocycles. The molecule has 134 valence electrons. The highest BCUT2D eigenvalue weighted by Gasteiger charge is 2.21. The Morgan fingerprint density at radius 3 is 2.46 bits per heavy atom. The molecule has 0 bridgehead atoms. The first-order valence-corrected chi connectivity index (χ1v) is 10.1. The van der Waals surface area contributed by atoms with Crippen molar-refractivity contribution < 1.29 is 8.42 Å². The van der Waals surface area contributed by atoms with Crippen LogP contribution in [0.4, 0.5) is 0 Å². The molecule has 0 amide bonds. The van der Waals surface area contributed by atoms with Crippen LogP contribution in [0.25, 0.3) is 0 Å². The summed E-state index contributed by atoms with van der Waals surface area (Å²) in [5.41, 5.74) is 1.76. The summed E-state index contributed by atoms with van der Waals surface area (Å²) in [4.78, 5) is 4.21. The van der Waals surface area contributed by atoms with Gasteiger partial charge >= 0.3 is 0 Å². The lowest BCUT2D eigenvalue weighted by Crippen LogP contribution is -2.38. The fraction of sp³-hybridized carbons (Fsp3) is 0.588. The first kappa shape index (κ1) is 18.7. The van der Waals surface area contributed by atoms with Crippen molar-refractivity contribution in [1.29, 1.82) is 0 Å². The minimum absolute atomic E-state index is 0.0167. The van der Waals surface area contributed by atoms with Gasteiger partial charge in [-0.3, -0.25) is 4.99 Å². The molecule has 0 atom stereocenters. The normalized spacial score (nSPS) is 15.6. The quantitative estimate of drug-likeness (QED) is 0.490. The topological polar surface area (TPSA) is 82.6 Å². The number of sulfonamides is 1. The van der Waals surface area contributed by atoms with E-state index < -0.39 is 10.0 Å². The highest BCUT2D eigenvalue weighted by molar-refractivity contribution is 7.88. The molecule has 6 nitrogen and oxygen atoms in total. The first-order chi connectivity index (χ1) is 11.4. The van der Waals surface area contributed by atoms with Gasteiger partial charge in [-0.2, -0.15) is 0 Å². The average Bonchev–Trinajstić information content (AvgIpc) is 3.31. The molecule has 0 saturated heterocycles. The number of guanidine groups is 1. The molecule has 2 rings (SSSR count). The maximum absolute atomic E-state index is 12.2. The summed E-state index contributed by atoms with van der Waals surface area (Å²) in [5.74, 6) is 1.50. The van der Waals surface area contributed by atoms with E-state index in [1.165, 1.54) is 12.8 Å². The van der Waals surface area contributed by atoms with Gasteiger partial charge in [0.05, 0.1) is 5.75 Å². The van der Waals surface area contributed by atoms with Gasteiger partial charge in [-0.1, -0.05) is 24.3 Å². The van der Waals surface area contributed by atoms with Gasteiger partial charge in [0, 0.05) is 26.2 Å². The molecule has 7 heteroatoms. The Kier molecular flexibility index (Phi) is 6.62. The zero-order chi connectivity index (χ0) is 17.6. The molecule has 0 aromatic heterocycles. The van der Waals surface area contributed by atoms with Crippen molar-refractivity contribution in [3.8, 4) is 0 Å². The Morgan fingerprint density at radius 1 is 1.21 bits per heavy atom. The zero-order valence-electron chi connectivity index (χ0n) is 14.7. The Labute approximate surface area is 145 Å². The van der Waals surface area contributed by atoms with E-state index in [1.54, 1.807) is 7.05 Å². The van der Waals surface area contributed by atoms with Crippen molar-refractivity contribution in [1.82, 2.24) is 15.4 Å². The van der Waals surface area contributed by atoms with Gasteiger partial charge in [0.1, 0.15) is 0 Å². The van der Waals surface area contributed by atoms with Crippen LogP contribution >= 0.6 is 0 Å². The van der Waals surface area contributed by atoms with Gasteiger partial charge in [-0.25, -0.2) is 13.1 Å². The van der Waals surface area contributed by atoms with Gasteiger partial charge in [-0.05, 0) is 43.7 Å². The molecule has 3 N–H and O–H groups in total. The van der Waals surface area contributed by atoms with Gasteiger partial charge in [0.25, 0.3) is 0 Å². The van der Waals surface area contributed by atoms with Crippen LogP contribution in [0.15, 0.2) is 29.3 Å². The van der Waals surface area contributed by atoms with Gasteiger partial charge in [0.2, 0.25) is 10.0 Å². The number of hydrogen-bond acceptors (Lipinski definition) is 3. The average molecular weight is 353 g/mol. The Hall–Kier alpha value is -1.60. The lowest BCUT2D eigenvalue weighted by molar-refractivity contribution is 0.568. The molecule has 0 radical (unpaired) electrons. The van der Waals surface area contributed by atoms with Crippen LogP contribution in [-0.4, -0.2) is 34.0 Å². The van der Waals surface area contributed by atoms with Crippen LogP contribution in [0, 0.1) is 5.92 Å². The zero-order valence-corrected chi connectivity index (χ0v) is 15.5. The molecule has 1 aliphatic carbocycles. The minimum atomic E-state index is -3.34. The molecule has 1 saturated carbocycles. The summed E-state index contributed by atoms with van der Waals surface area (Å²) < 4.78 is 27.0. The number of nitrogens with one attached hydrogen (secondary N) is 3. The van der Waals surface area contributed by atoms with E-state index >= 15 is 0 Å². The SMILES string of the molecule is CN=C(NCc1ccccc1CS(=O)(=O)NC(C)C)NCC1CC1. The third-order valence-corrected chi connectivity index (χ3v) is 5.33. The lowest BCUT2D eigenvalue weighted by Gasteiger charge is -2.15. The smallest absolute Gasteiger partial charge is 0.216 e. The molecular weight excluding hydrogens is 324 g/mol. The fourth-order valence-electron chi connectivity index (χ4n) is 2.44. The third kappa shape index (κ3) is 6.49. The summed E-state index contributed by atoms with van der Waals surface area (Å²) in [5, 5.41) is 6.56. The van der Waals surface area contributed by atoms with Crippen molar-refractivity contribution in [2.24, 2.45) is 10.9 Å². The summed E-state index contributed by atoms with van der Waals surface area (Å²) in [6, 6.07) is 7.48. The fourth-order valence-corrected chi connectivity index (χ4v) is 3.93. The summed E-state index contributed by atoms with van der Waals surface area (Å²) in [6.45, 7) is 5.12. The van der Waals surface area contributed by atoms with Gasteiger partial charge in [-0.15, -0.1) is 0 Å². The second-order valence-electron chi connectivity index (χ2n) is 6.55. The number of benzene rings is 1. The summed E-state index contributed by atoms with van der Waals surface area (Å²) in [6.07, 6.45) is 2.57. The predicted molar refractivity (Wildman–Crippen MR) is 98.3 cm³/mol. The number of aliphatic imine (C=N–C) groups is 1. The second-order valence-corrected chi connectivity index (χ2v) is 8.30. The minimum Gasteiger partial charge on any atom is -0.356 e. The van der Waals surface area contributed by atoms with Crippen molar-refractivity contribution in [3.05, 3.63) is 35.4 Å². The van der Waals surface area contributed by atoms with Crippen molar-refractivity contribution in [3.63, 3.8) is 0 Å². The van der Waals surface area contributed by atoms with Gasteiger partial charge < -0.3 is 10.6 Å². The number of nitrogens with zero attached hydrogens (tertiary/aromatic N) is 1. The van der Waals surface area contributed by atoms with Crippen molar-refractivity contribution in [2.75, 3.05) is 13.6 Å². The summed E-state index contributed by atoms with van der Waals surface area (Å²) in [7, 11) is -1.60. The highest BCUT2D eigenvalue weighted by atomic mass is 32.2. The maximum Gasteiger partial charge on any atom is 0.216 e. The molecule has 1 aromatic rings. The van der Waals surface area contributed by atoms with Crippen LogP contribution in [0.3, 0.4) is 0 Å². The van der Waals surface area contributed by atoms with E-state index in [0.717, 1.165) is 29.5 Å². The third-order valence-electron chi connectivity index (χ3n) is 3.80. The number of rotatable bonds is 8. The second kappa shape index (κ2) is 8.48. The molecule has 0 spiro atoms.